The van der Waals surface area contributed by atoms with Crippen LogP contribution in [0.25, 0.3) is 6.08 Å². The monoisotopic (exact) mass is 603 g/mol. The van der Waals surface area contributed by atoms with Gasteiger partial charge in [-0.1, -0.05) is 65.7 Å². The van der Waals surface area contributed by atoms with Crippen LogP contribution in [0.2, 0.25) is 10.0 Å². The number of thioether (sulfide) groups is 1. The van der Waals surface area contributed by atoms with Crippen molar-refractivity contribution in [3.05, 3.63) is 129 Å². The second kappa shape index (κ2) is 14.0. The van der Waals surface area contributed by atoms with Crippen LogP contribution in [0.3, 0.4) is 0 Å². The van der Waals surface area contributed by atoms with E-state index in [9.17, 15) is 14.4 Å². The molecule has 0 spiro atoms. The molecule has 208 valence electrons. The number of amides is 3. The smallest absolute Gasteiger partial charge is 0.272 e. The van der Waals surface area contributed by atoms with Gasteiger partial charge in [0.25, 0.3) is 11.8 Å². The molecule has 0 aliphatic heterocycles. The third-order valence-corrected chi connectivity index (χ3v) is 7.76. The highest BCUT2D eigenvalue weighted by Crippen LogP contribution is 2.28. The predicted octanol–water partition coefficient (Wildman–Crippen LogP) is 7.83. The molecule has 0 fully saturated rings. The molecule has 0 radical (unpaired) electrons. The summed E-state index contributed by atoms with van der Waals surface area (Å²) in [5.41, 5.74) is 3.13. The van der Waals surface area contributed by atoms with E-state index in [4.69, 9.17) is 23.2 Å². The second-order valence-electron chi connectivity index (χ2n) is 9.07. The summed E-state index contributed by atoms with van der Waals surface area (Å²) in [5, 5.41) is 9.20. The van der Waals surface area contributed by atoms with Gasteiger partial charge in [0.2, 0.25) is 5.91 Å². The summed E-state index contributed by atoms with van der Waals surface area (Å²) in [5.74, 6) is -1.10. The van der Waals surface area contributed by atoms with Gasteiger partial charge in [0.1, 0.15) is 5.70 Å². The molecule has 4 aromatic carbocycles. The largest absolute Gasteiger partial charge is 0.325 e. The Morgan fingerprint density at radius 2 is 1.54 bits per heavy atom. The first kappa shape index (κ1) is 29.9. The number of rotatable bonds is 9. The van der Waals surface area contributed by atoms with Gasteiger partial charge in [0, 0.05) is 31.9 Å². The summed E-state index contributed by atoms with van der Waals surface area (Å²) in [6, 6.07) is 28.1. The summed E-state index contributed by atoms with van der Waals surface area (Å²) in [6.07, 6.45) is 1.58. The summed E-state index contributed by atoms with van der Waals surface area (Å²) in [6.45, 7) is 3.65. The standard InChI is InChI=1S/C32H27Cl2N3O3S/c1-20-27(34)12-7-13-28(20)36-30(38)21(2)41-26-11-6-10-25(19-26)35-32(40)29(18-22-14-16-24(33)17-15-22)37-31(39)23-8-4-3-5-9-23/h3-19,21H,1-2H3,(H,35,40)(H,36,38)(H,37,39)/b29-18+. The van der Waals surface area contributed by atoms with E-state index >= 15 is 0 Å². The van der Waals surface area contributed by atoms with E-state index in [1.165, 1.54) is 11.8 Å². The van der Waals surface area contributed by atoms with Crippen molar-refractivity contribution in [2.75, 3.05) is 10.6 Å². The van der Waals surface area contributed by atoms with Gasteiger partial charge in [-0.15, -0.1) is 11.8 Å². The molecule has 1 atom stereocenters. The van der Waals surface area contributed by atoms with Crippen molar-refractivity contribution < 1.29 is 14.4 Å². The maximum Gasteiger partial charge on any atom is 0.272 e. The fourth-order valence-corrected chi connectivity index (χ4v) is 4.98. The highest BCUT2D eigenvalue weighted by atomic mass is 35.5. The molecule has 0 saturated carbocycles. The molecule has 0 saturated heterocycles. The van der Waals surface area contributed by atoms with Gasteiger partial charge in [-0.3, -0.25) is 14.4 Å². The highest BCUT2D eigenvalue weighted by molar-refractivity contribution is 8.00. The fraction of sp³-hybridized carbons (Fsp3) is 0.0938. The molecular weight excluding hydrogens is 577 g/mol. The SMILES string of the molecule is Cc1c(Cl)cccc1NC(=O)C(C)Sc1cccc(NC(=O)/C(=C\c2ccc(Cl)cc2)NC(=O)c2ccccc2)c1. The quantitative estimate of drug-likeness (QED) is 0.134. The topological polar surface area (TPSA) is 87.3 Å². The van der Waals surface area contributed by atoms with E-state index in [1.54, 1.807) is 97.9 Å². The Hall–Kier alpha value is -4.04. The third-order valence-electron chi connectivity index (χ3n) is 6.01. The molecule has 4 rings (SSSR count). The van der Waals surface area contributed by atoms with Crippen molar-refractivity contribution >= 4 is 70.1 Å². The van der Waals surface area contributed by atoms with E-state index in [2.05, 4.69) is 16.0 Å². The molecule has 0 heterocycles. The molecular formula is C32H27Cl2N3O3S. The van der Waals surface area contributed by atoms with Crippen LogP contribution in [0.15, 0.2) is 108 Å². The minimum atomic E-state index is -0.506. The zero-order valence-electron chi connectivity index (χ0n) is 22.3. The van der Waals surface area contributed by atoms with Crippen molar-refractivity contribution in [2.24, 2.45) is 0 Å². The first-order valence-corrected chi connectivity index (χ1v) is 14.3. The van der Waals surface area contributed by atoms with Crippen molar-refractivity contribution in [3.8, 4) is 0 Å². The first-order chi connectivity index (χ1) is 19.7. The van der Waals surface area contributed by atoms with Gasteiger partial charge in [0.15, 0.2) is 0 Å². The molecule has 3 amide bonds. The average Bonchev–Trinajstić information content (AvgIpc) is 2.96. The number of benzene rings is 4. The molecule has 9 heteroatoms. The average molecular weight is 605 g/mol. The number of anilines is 2. The van der Waals surface area contributed by atoms with Crippen LogP contribution >= 0.6 is 35.0 Å². The lowest BCUT2D eigenvalue weighted by molar-refractivity contribution is -0.115. The number of carbonyl (C=O) groups excluding carboxylic acids is 3. The molecule has 0 bridgehead atoms. The molecule has 0 aliphatic carbocycles. The van der Waals surface area contributed by atoms with Crippen molar-refractivity contribution in [3.63, 3.8) is 0 Å². The number of hydrogen-bond acceptors (Lipinski definition) is 4. The van der Waals surface area contributed by atoms with E-state index in [1.807, 2.05) is 19.1 Å². The third kappa shape index (κ3) is 8.47. The zero-order valence-corrected chi connectivity index (χ0v) is 24.6. The van der Waals surface area contributed by atoms with Crippen molar-refractivity contribution in [1.82, 2.24) is 5.32 Å². The first-order valence-electron chi connectivity index (χ1n) is 12.7. The van der Waals surface area contributed by atoms with Gasteiger partial charge in [0.05, 0.1) is 5.25 Å². The minimum Gasteiger partial charge on any atom is -0.325 e. The molecule has 3 N–H and O–H groups in total. The Morgan fingerprint density at radius 3 is 2.27 bits per heavy atom. The molecule has 0 aromatic heterocycles. The number of halogens is 2. The maximum absolute atomic E-state index is 13.4. The van der Waals surface area contributed by atoms with E-state index < -0.39 is 17.1 Å². The van der Waals surface area contributed by atoms with E-state index in [0.717, 1.165) is 10.5 Å². The van der Waals surface area contributed by atoms with Gasteiger partial charge < -0.3 is 16.0 Å². The Balaban J connectivity index is 1.48. The van der Waals surface area contributed by atoms with E-state index in [0.29, 0.717) is 32.5 Å². The number of nitrogens with one attached hydrogen (secondary N) is 3. The lowest BCUT2D eigenvalue weighted by Gasteiger charge is -2.15. The normalized spacial score (nSPS) is 11.9. The summed E-state index contributed by atoms with van der Waals surface area (Å²) < 4.78 is 0. The summed E-state index contributed by atoms with van der Waals surface area (Å²) >= 11 is 13.5. The van der Waals surface area contributed by atoms with E-state index in [-0.39, 0.29) is 11.6 Å². The molecule has 6 nitrogen and oxygen atoms in total. The van der Waals surface area contributed by atoms with Crippen LogP contribution in [-0.2, 0) is 9.59 Å². The Kier molecular flexibility index (Phi) is 10.2. The molecule has 1 unspecified atom stereocenters. The van der Waals surface area contributed by atoms with Gasteiger partial charge >= 0.3 is 0 Å². The Labute approximate surface area is 253 Å². The van der Waals surface area contributed by atoms with Crippen molar-refractivity contribution in [1.29, 1.82) is 0 Å². The maximum atomic E-state index is 13.4. The van der Waals surface area contributed by atoms with Crippen LogP contribution in [0.1, 0.15) is 28.4 Å². The lowest BCUT2D eigenvalue weighted by atomic mass is 10.1. The van der Waals surface area contributed by atoms with Gasteiger partial charge in [-0.25, -0.2) is 0 Å². The second-order valence-corrected chi connectivity index (χ2v) is 11.3. The molecule has 41 heavy (non-hydrogen) atoms. The molecule has 0 aliphatic rings. The Morgan fingerprint density at radius 1 is 0.829 bits per heavy atom. The van der Waals surface area contributed by atoms with Crippen LogP contribution in [-0.4, -0.2) is 23.0 Å². The highest BCUT2D eigenvalue weighted by Gasteiger charge is 2.18. The number of carbonyl (C=O) groups is 3. The minimum absolute atomic E-state index is 0.0591. The Bertz CT molecular complexity index is 1590. The molecule has 4 aromatic rings. The van der Waals surface area contributed by atoms with Crippen LogP contribution in [0.4, 0.5) is 11.4 Å². The van der Waals surface area contributed by atoms with Crippen LogP contribution in [0, 0.1) is 6.92 Å². The lowest BCUT2D eigenvalue weighted by Crippen LogP contribution is -2.30. The van der Waals surface area contributed by atoms with Crippen molar-refractivity contribution in [2.45, 2.75) is 24.0 Å². The van der Waals surface area contributed by atoms with Gasteiger partial charge in [-0.05, 0) is 85.6 Å². The van der Waals surface area contributed by atoms with Gasteiger partial charge in [-0.2, -0.15) is 0 Å². The zero-order chi connectivity index (χ0) is 29.4. The number of hydrogen-bond donors (Lipinski definition) is 3. The fourth-order valence-electron chi connectivity index (χ4n) is 3.75. The van der Waals surface area contributed by atoms with Crippen LogP contribution < -0.4 is 16.0 Å². The predicted molar refractivity (Wildman–Crippen MR) is 169 cm³/mol. The van der Waals surface area contributed by atoms with Crippen LogP contribution in [0.5, 0.6) is 0 Å². The summed E-state index contributed by atoms with van der Waals surface area (Å²) in [7, 11) is 0. The summed E-state index contributed by atoms with van der Waals surface area (Å²) in [4.78, 5) is 39.8.